The third kappa shape index (κ3) is 4.19. The molecule has 0 N–H and O–H groups in total. The number of ketones is 1. The van der Waals surface area contributed by atoms with Gasteiger partial charge in [0.15, 0.2) is 29.0 Å². The maximum Gasteiger partial charge on any atom is 0.199 e. The highest BCUT2D eigenvalue weighted by Gasteiger charge is 2.27. The highest BCUT2D eigenvalue weighted by atomic mass is 19.2. The van der Waals surface area contributed by atoms with Crippen molar-refractivity contribution in [3.05, 3.63) is 94.9 Å². The molecule has 3 aromatic carbocycles. The minimum atomic E-state index is -1.56. The summed E-state index contributed by atoms with van der Waals surface area (Å²) in [7, 11) is 0. The van der Waals surface area contributed by atoms with Gasteiger partial charge in [0.1, 0.15) is 18.0 Å². The normalized spacial score (nSPS) is 13.4. The number of nitrogens with zero attached hydrogens (tertiary/aromatic N) is 3. The van der Waals surface area contributed by atoms with Crippen molar-refractivity contribution < 1.29 is 22.7 Å². The second-order valence-corrected chi connectivity index (χ2v) is 8.09. The fourth-order valence-electron chi connectivity index (χ4n) is 4.01. The van der Waals surface area contributed by atoms with Crippen LogP contribution in [-0.4, -0.2) is 28.8 Å². The second kappa shape index (κ2) is 9.13. The number of carbonyl (C=O) groups excluding carboxylic acids is 1. The molecule has 5 rings (SSSR count). The van der Waals surface area contributed by atoms with Gasteiger partial charge in [0.05, 0.1) is 17.2 Å². The zero-order valence-electron chi connectivity index (χ0n) is 18.1. The summed E-state index contributed by atoms with van der Waals surface area (Å²) in [5.41, 5.74) is 0.616. The summed E-state index contributed by atoms with van der Waals surface area (Å²) in [6.07, 6.45) is 3.79. The van der Waals surface area contributed by atoms with E-state index in [0.717, 1.165) is 25.9 Å². The Hall–Kier alpha value is -3.94. The highest BCUT2D eigenvalue weighted by Crippen LogP contribution is 2.29. The van der Waals surface area contributed by atoms with Crippen LogP contribution in [0, 0.1) is 17.5 Å². The molecule has 4 aromatic rings. The lowest BCUT2D eigenvalue weighted by Gasteiger charge is -2.16. The lowest BCUT2D eigenvalue weighted by atomic mass is 10.0. The third-order valence-corrected chi connectivity index (χ3v) is 5.81. The molecule has 0 unspecified atom stereocenters. The molecule has 5 nitrogen and oxygen atoms in total. The van der Waals surface area contributed by atoms with E-state index in [1.807, 2.05) is 0 Å². The van der Waals surface area contributed by atoms with Gasteiger partial charge in [-0.15, -0.1) is 0 Å². The minimum Gasteiger partial charge on any atom is -0.486 e. The van der Waals surface area contributed by atoms with E-state index >= 15 is 4.39 Å². The lowest BCUT2D eigenvalue weighted by Crippen LogP contribution is -2.19. The summed E-state index contributed by atoms with van der Waals surface area (Å²) < 4.78 is 49.4. The molecule has 0 bridgehead atoms. The molecule has 0 spiro atoms. The van der Waals surface area contributed by atoms with Gasteiger partial charge < -0.3 is 9.64 Å². The smallest absolute Gasteiger partial charge is 0.199 e. The van der Waals surface area contributed by atoms with Crippen LogP contribution in [0.4, 0.5) is 19.0 Å². The number of rotatable bonds is 6. The molecule has 1 aromatic heterocycles. The molecule has 1 saturated heterocycles. The van der Waals surface area contributed by atoms with Crippen LogP contribution >= 0.6 is 0 Å². The Bertz CT molecular complexity index is 1370. The van der Waals surface area contributed by atoms with Crippen LogP contribution in [-0.2, 0) is 6.61 Å². The first-order valence-corrected chi connectivity index (χ1v) is 10.9. The van der Waals surface area contributed by atoms with E-state index in [9.17, 15) is 13.6 Å². The Morgan fingerprint density at radius 1 is 0.941 bits per heavy atom. The number of benzene rings is 3. The van der Waals surface area contributed by atoms with Crippen LogP contribution in [0.1, 0.15) is 34.3 Å². The van der Waals surface area contributed by atoms with Crippen LogP contribution in [0.25, 0.3) is 11.0 Å². The molecule has 172 valence electrons. The van der Waals surface area contributed by atoms with Crippen molar-refractivity contribution in [3.8, 4) is 5.75 Å². The first kappa shape index (κ1) is 21.9. The van der Waals surface area contributed by atoms with Crippen molar-refractivity contribution in [2.24, 2.45) is 0 Å². The van der Waals surface area contributed by atoms with Gasteiger partial charge >= 0.3 is 0 Å². The molecule has 2 heterocycles. The van der Waals surface area contributed by atoms with Crippen LogP contribution in [0.3, 0.4) is 0 Å². The molecule has 1 aliphatic rings. The standard InChI is InChI=1S/C26H20F3N3O2/c27-18-13-21(34-15-16-6-2-1-3-7-16)25(29)23(24(18)28)26(33)17-8-9-19-20(12-17)31-22(14-30-19)32-10-4-5-11-32/h1-3,6-9,12-14H,4-5,10-11,15H2. The molecule has 8 heteroatoms. The highest BCUT2D eigenvalue weighted by molar-refractivity contribution is 6.10. The van der Waals surface area contributed by atoms with Crippen molar-refractivity contribution in [2.45, 2.75) is 19.4 Å². The Morgan fingerprint density at radius 2 is 1.71 bits per heavy atom. The maximum absolute atomic E-state index is 15.1. The Balaban J connectivity index is 1.48. The quantitative estimate of drug-likeness (QED) is 0.281. The molecule has 0 radical (unpaired) electrons. The van der Waals surface area contributed by atoms with E-state index in [-0.39, 0.29) is 12.2 Å². The topological polar surface area (TPSA) is 55.3 Å². The van der Waals surface area contributed by atoms with Crippen molar-refractivity contribution in [3.63, 3.8) is 0 Å². The first-order chi connectivity index (χ1) is 16.5. The number of aromatic nitrogens is 2. The molecule has 0 saturated carbocycles. The lowest BCUT2D eigenvalue weighted by molar-refractivity contribution is 0.102. The average Bonchev–Trinajstić information content (AvgIpc) is 3.40. The average molecular weight is 463 g/mol. The van der Waals surface area contributed by atoms with Gasteiger partial charge in [-0.05, 0) is 36.6 Å². The summed E-state index contributed by atoms with van der Waals surface area (Å²) in [5, 5.41) is 0. The maximum atomic E-state index is 15.1. The summed E-state index contributed by atoms with van der Waals surface area (Å²) in [4.78, 5) is 24.1. The number of anilines is 1. The number of halogens is 3. The molecule has 34 heavy (non-hydrogen) atoms. The molecular weight excluding hydrogens is 443 g/mol. The number of hydrogen-bond donors (Lipinski definition) is 0. The van der Waals surface area contributed by atoms with E-state index in [0.29, 0.717) is 28.5 Å². The van der Waals surface area contributed by atoms with Crippen molar-refractivity contribution in [1.29, 1.82) is 0 Å². The van der Waals surface area contributed by atoms with Crippen LogP contribution in [0.15, 0.2) is 60.8 Å². The van der Waals surface area contributed by atoms with Gasteiger partial charge in [-0.25, -0.2) is 18.2 Å². The zero-order valence-corrected chi connectivity index (χ0v) is 18.1. The van der Waals surface area contributed by atoms with Gasteiger partial charge in [-0.1, -0.05) is 30.3 Å². The fraction of sp³-hybridized carbons (Fsp3) is 0.192. The Morgan fingerprint density at radius 3 is 2.47 bits per heavy atom. The number of carbonyl (C=O) groups is 1. The molecule has 0 aliphatic carbocycles. The number of fused-ring (bicyclic) bond motifs is 1. The van der Waals surface area contributed by atoms with Gasteiger partial charge in [0.2, 0.25) is 0 Å². The SMILES string of the molecule is O=C(c1ccc2ncc(N3CCCC3)nc2c1)c1c(F)c(F)cc(OCc2ccccc2)c1F. The van der Waals surface area contributed by atoms with Crippen molar-refractivity contribution in [1.82, 2.24) is 9.97 Å². The van der Waals surface area contributed by atoms with Gasteiger partial charge in [-0.3, -0.25) is 9.78 Å². The summed E-state index contributed by atoms with van der Waals surface area (Å²) in [5.74, 6) is -5.06. The summed E-state index contributed by atoms with van der Waals surface area (Å²) in [6.45, 7) is 1.66. The third-order valence-electron chi connectivity index (χ3n) is 5.81. The predicted octanol–water partition coefficient (Wildman–Crippen LogP) is 5.46. The Kier molecular flexibility index (Phi) is 5.88. The van der Waals surface area contributed by atoms with Gasteiger partial charge in [0.25, 0.3) is 0 Å². The fourth-order valence-corrected chi connectivity index (χ4v) is 4.01. The van der Waals surface area contributed by atoms with Crippen molar-refractivity contribution >= 4 is 22.6 Å². The monoisotopic (exact) mass is 463 g/mol. The Labute approximate surface area is 193 Å². The molecule has 0 atom stereocenters. The van der Waals surface area contributed by atoms with E-state index in [2.05, 4.69) is 14.9 Å². The van der Waals surface area contributed by atoms with E-state index in [1.165, 1.54) is 12.1 Å². The van der Waals surface area contributed by atoms with Gasteiger partial charge in [0, 0.05) is 24.7 Å². The zero-order chi connectivity index (χ0) is 23.7. The minimum absolute atomic E-state index is 0.0298. The molecule has 0 amide bonds. The molecular formula is C26H20F3N3O2. The largest absolute Gasteiger partial charge is 0.486 e. The van der Waals surface area contributed by atoms with Crippen LogP contribution in [0.2, 0.25) is 0 Å². The number of hydrogen-bond acceptors (Lipinski definition) is 5. The van der Waals surface area contributed by atoms with Crippen LogP contribution < -0.4 is 9.64 Å². The number of ether oxygens (including phenoxy) is 1. The summed E-state index contributed by atoms with van der Waals surface area (Å²) in [6, 6.07) is 13.8. The molecule has 1 fully saturated rings. The second-order valence-electron chi connectivity index (χ2n) is 8.09. The van der Waals surface area contributed by atoms with Crippen LogP contribution in [0.5, 0.6) is 5.75 Å². The van der Waals surface area contributed by atoms with E-state index < -0.39 is 34.5 Å². The van der Waals surface area contributed by atoms with E-state index in [1.54, 1.807) is 42.6 Å². The van der Waals surface area contributed by atoms with Gasteiger partial charge in [-0.2, -0.15) is 0 Å². The summed E-state index contributed by atoms with van der Waals surface area (Å²) >= 11 is 0. The first-order valence-electron chi connectivity index (χ1n) is 10.9. The van der Waals surface area contributed by atoms with E-state index in [4.69, 9.17) is 4.74 Å². The van der Waals surface area contributed by atoms with Crippen molar-refractivity contribution in [2.75, 3.05) is 18.0 Å². The predicted molar refractivity (Wildman–Crippen MR) is 122 cm³/mol. The molecule has 1 aliphatic heterocycles.